The molecule has 5 aromatic rings. The number of amides is 3. The van der Waals surface area contributed by atoms with Crippen LogP contribution in [0, 0.1) is 16.0 Å². The summed E-state index contributed by atoms with van der Waals surface area (Å²) in [6.07, 6.45) is 5.57. The number of fused-ring (bicyclic) bond motifs is 2. The smallest absolute Gasteiger partial charge is 0.328 e. The summed E-state index contributed by atoms with van der Waals surface area (Å²) in [6.45, 7) is 5.73. The highest BCUT2D eigenvalue weighted by Crippen LogP contribution is 2.22. The Morgan fingerprint density at radius 3 is 1.90 bits per heavy atom. The third kappa shape index (κ3) is 19.3. The molecule has 70 heavy (non-hydrogen) atoms. The van der Waals surface area contributed by atoms with E-state index in [1.807, 2.05) is 59.9 Å². The molecule has 0 aliphatic heterocycles. The van der Waals surface area contributed by atoms with Crippen molar-refractivity contribution in [3.8, 4) is 0 Å². The number of carboxylic acids is 1. The molecule has 4 atom stereocenters. The second-order valence-corrected chi connectivity index (χ2v) is 19.6. The predicted molar refractivity (Wildman–Crippen MR) is 285 cm³/mol. The molecule has 376 valence electrons. The molecule has 0 radical (unpaired) electrons. The van der Waals surface area contributed by atoms with E-state index in [0.717, 1.165) is 44.7 Å². The number of carbonyl (C=O) groups excluding carboxylic acids is 4. The molecule has 5 rings (SSSR count). The third-order valence-corrected chi connectivity index (χ3v) is 13.9. The zero-order valence-electron chi connectivity index (χ0n) is 40.5. The first-order chi connectivity index (χ1) is 33.8. The van der Waals surface area contributed by atoms with Gasteiger partial charge in [0, 0.05) is 43.6 Å². The number of thioether (sulfide) groups is 3. The van der Waals surface area contributed by atoms with E-state index in [2.05, 4.69) is 77.6 Å². The minimum atomic E-state index is -0.994. The Labute approximate surface area is 423 Å². The van der Waals surface area contributed by atoms with Crippen molar-refractivity contribution in [3.05, 3.63) is 136 Å². The summed E-state index contributed by atoms with van der Waals surface area (Å²) < 4.78 is 4.94. The van der Waals surface area contributed by atoms with Gasteiger partial charge in [-0.1, -0.05) is 117 Å². The van der Waals surface area contributed by atoms with Crippen molar-refractivity contribution in [2.24, 2.45) is 5.92 Å². The maximum Gasteiger partial charge on any atom is 0.328 e. The fourth-order valence-electron chi connectivity index (χ4n) is 7.58. The minimum Gasteiger partial charge on any atom is -0.480 e. The number of nitrogens with zero attached hydrogens (tertiary/aromatic N) is 2. The lowest BCUT2D eigenvalue weighted by atomic mass is 9.97. The summed E-state index contributed by atoms with van der Waals surface area (Å²) in [7, 11) is 1.32. The van der Waals surface area contributed by atoms with Crippen molar-refractivity contribution in [2.75, 3.05) is 56.5 Å². The molecule has 18 heteroatoms. The maximum atomic E-state index is 13.4. The molecule has 0 bridgehead atoms. The summed E-state index contributed by atoms with van der Waals surface area (Å²) in [5.74, 6) is 0.124. The average Bonchev–Trinajstić information content (AvgIpc) is 3.36. The van der Waals surface area contributed by atoms with Gasteiger partial charge in [-0.05, 0) is 81.0 Å². The Morgan fingerprint density at radius 1 is 0.743 bits per heavy atom. The van der Waals surface area contributed by atoms with Gasteiger partial charge < -0.3 is 31.1 Å². The van der Waals surface area contributed by atoms with E-state index in [1.165, 1.54) is 31.0 Å². The Bertz CT molecular complexity index is 2470. The van der Waals surface area contributed by atoms with E-state index in [-0.39, 0.29) is 54.2 Å². The van der Waals surface area contributed by atoms with E-state index in [1.54, 1.807) is 35.7 Å². The van der Waals surface area contributed by atoms with Crippen LogP contribution in [0.15, 0.2) is 109 Å². The number of hydrogen-bond acceptors (Lipinski definition) is 13. The van der Waals surface area contributed by atoms with E-state index in [4.69, 9.17) is 9.84 Å². The predicted octanol–water partition coefficient (Wildman–Crippen LogP) is 7.68. The van der Waals surface area contributed by atoms with Crippen molar-refractivity contribution in [1.29, 1.82) is 0 Å². The van der Waals surface area contributed by atoms with E-state index in [0.29, 0.717) is 49.7 Å². The number of nitro benzene ring substituents is 1. The topological polar surface area (TPSA) is 209 Å². The van der Waals surface area contributed by atoms with Crippen LogP contribution in [0.5, 0.6) is 0 Å². The van der Waals surface area contributed by atoms with Crippen LogP contribution in [-0.2, 0) is 47.6 Å². The summed E-state index contributed by atoms with van der Waals surface area (Å²) in [5, 5.41) is 36.3. The van der Waals surface area contributed by atoms with Gasteiger partial charge in [-0.15, -0.1) is 11.8 Å². The van der Waals surface area contributed by atoms with E-state index < -0.39 is 28.9 Å². The minimum absolute atomic E-state index is 0.0328. The zero-order valence-corrected chi connectivity index (χ0v) is 43.0. The molecular weight excluding hydrogens is 949 g/mol. The monoisotopic (exact) mass is 1010 g/mol. The summed E-state index contributed by atoms with van der Waals surface area (Å²) in [6, 6.07) is 32.9. The van der Waals surface area contributed by atoms with Gasteiger partial charge in [-0.25, -0.2) is 9.59 Å². The van der Waals surface area contributed by atoms with Crippen LogP contribution in [0.2, 0.25) is 0 Å². The number of benzene rings is 5. The van der Waals surface area contributed by atoms with Gasteiger partial charge in [-0.3, -0.25) is 29.4 Å². The van der Waals surface area contributed by atoms with Crippen LogP contribution in [0.3, 0.4) is 0 Å². The van der Waals surface area contributed by atoms with Crippen molar-refractivity contribution in [3.63, 3.8) is 0 Å². The van der Waals surface area contributed by atoms with Gasteiger partial charge in [0.1, 0.15) is 12.1 Å². The number of nitrogens with one attached hydrogen (secondary N) is 4. The van der Waals surface area contributed by atoms with Gasteiger partial charge in [-0.2, -0.15) is 23.5 Å². The van der Waals surface area contributed by atoms with Gasteiger partial charge in [0.2, 0.25) is 17.7 Å². The van der Waals surface area contributed by atoms with Crippen LogP contribution < -0.4 is 21.3 Å². The van der Waals surface area contributed by atoms with Gasteiger partial charge in [0.15, 0.2) is 0 Å². The summed E-state index contributed by atoms with van der Waals surface area (Å²) >= 11 is 4.59. The largest absolute Gasteiger partial charge is 0.480 e. The summed E-state index contributed by atoms with van der Waals surface area (Å²) in [5.41, 5.74) is 3.10. The van der Waals surface area contributed by atoms with E-state index in [9.17, 15) is 34.1 Å². The molecule has 0 aliphatic carbocycles. The molecule has 0 saturated heterocycles. The van der Waals surface area contributed by atoms with Crippen LogP contribution in [0.4, 0.5) is 5.69 Å². The second kappa shape index (κ2) is 30.8. The lowest BCUT2D eigenvalue weighted by Crippen LogP contribution is -2.51. The lowest BCUT2D eigenvalue weighted by molar-refractivity contribution is -0.384. The molecule has 0 aromatic heterocycles. The first-order valence-electron chi connectivity index (χ1n) is 23.1. The SMILES string of the molecule is CCC(C)C(CN(CC(=O)NC(CCSC)C(=O)OC)Cc1cccc2ccccc12)NC(=O)CSCc1ccc([N+](=O)[O-])cc1.CSCCC(NC(=O)CNCc1cccc2ccccc12)C(=O)O. The van der Waals surface area contributed by atoms with Crippen LogP contribution in [0.25, 0.3) is 21.5 Å². The highest BCUT2D eigenvalue weighted by molar-refractivity contribution is 7.99. The first kappa shape index (κ1) is 56.9. The molecule has 5 N–H and O–H groups in total. The van der Waals surface area contributed by atoms with Crippen molar-refractivity contribution in [1.82, 2.24) is 26.2 Å². The molecule has 0 spiro atoms. The number of non-ortho nitro benzene ring substituents is 1. The highest BCUT2D eigenvalue weighted by Gasteiger charge is 2.26. The number of hydrogen-bond donors (Lipinski definition) is 5. The van der Waals surface area contributed by atoms with Gasteiger partial charge >= 0.3 is 11.9 Å². The lowest BCUT2D eigenvalue weighted by Gasteiger charge is -2.31. The number of carbonyl (C=O) groups is 5. The number of rotatable bonds is 28. The number of methoxy groups -OCH3 is 1. The summed E-state index contributed by atoms with van der Waals surface area (Å²) in [4.78, 5) is 74.5. The molecule has 0 saturated carbocycles. The highest BCUT2D eigenvalue weighted by atomic mass is 32.2. The third-order valence-electron chi connectivity index (χ3n) is 11.6. The first-order valence-corrected chi connectivity index (χ1v) is 27.0. The van der Waals surface area contributed by atoms with Crippen molar-refractivity contribution >= 4 is 92.2 Å². The molecule has 5 aromatic carbocycles. The Hall–Kier alpha value is -5.66. The fraction of sp³-hybridized carbons (Fsp3) is 0.404. The number of esters is 1. The molecule has 3 amide bonds. The van der Waals surface area contributed by atoms with Gasteiger partial charge in [0.25, 0.3) is 5.69 Å². The normalized spacial score (nSPS) is 12.8. The molecule has 0 heterocycles. The average molecular weight is 1020 g/mol. The Balaban J connectivity index is 0.000000371. The molecule has 15 nitrogen and oxygen atoms in total. The standard InChI is InChI=1S/C34H44N4O6S2.C18H22N2O3S/c1-5-24(2)31(36-33(40)23-46-22-25-13-15-28(16-14-25)38(42)43)20-37(19-27-11-8-10-26-9-6-7-12-29(26)27)21-32(39)35-30(17-18-45-4)34(41)44-3;1-24-10-9-16(18(22)23)20-17(21)12-19-11-14-7-4-6-13-5-2-3-8-15(13)14/h6-16,24,30-31H,5,17-23H2,1-4H3,(H,35,39)(H,36,40);2-8,16,19H,9-12H2,1H3,(H,20,21)(H,22,23). The number of nitro groups is 1. The van der Waals surface area contributed by atoms with Gasteiger partial charge in [0.05, 0.1) is 30.9 Å². The number of aliphatic carboxylic acids is 1. The van der Waals surface area contributed by atoms with Crippen LogP contribution >= 0.6 is 35.3 Å². The number of carboxylic acid groups (broad SMARTS) is 1. The maximum absolute atomic E-state index is 13.4. The van der Waals surface area contributed by atoms with E-state index >= 15 is 0 Å². The molecular formula is C52H66N6O9S3. The Morgan fingerprint density at radius 2 is 1.31 bits per heavy atom. The zero-order chi connectivity index (χ0) is 50.8. The fourth-order valence-corrected chi connectivity index (χ4v) is 9.32. The number of ether oxygens (including phenoxy) is 1. The quantitative estimate of drug-likeness (QED) is 0.0185. The molecule has 0 fully saturated rings. The van der Waals surface area contributed by atoms with Crippen LogP contribution in [-0.4, -0.2) is 119 Å². The Kier molecular flexibility index (Phi) is 25.1. The van der Waals surface area contributed by atoms with Crippen molar-refractivity contribution < 1.29 is 38.7 Å². The molecule has 4 unspecified atom stereocenters. The van der Waals surface area contributed by atoms with Crippen LogP contribution in [0.1, 0.15) is 49.8 Å². The second-order valence-electron chi connectivity index (χ2n) is 16.7. The van der Waals surface area contributed by atoms with Crippen molar-refractivity contribution in [2.45, 2.75) is 70.1 Å². The molecule has 0 aliphatic rings.